The summed E-state index contributed by atoms with van der Waals surface area (Å²) in [6.07, 6.45) is 9.54. The quantitative estimate of drug-likeness (QED) is 0.370. The van der Waals surface area contributed by atoms with E-state index in [0.717, 1.165) is 67.9 Å². The van der Waals surface area contributed by atoms with Gasteiger partial charge in [-0.25, -0.2) is 4.79 Å². The van der Waals surface area contributed by atoms with E-state index in [-0.39, 0.29) is 30.6 Å². The summed E-state index contributed by atoms with van der Waals surface area (Å²) in [4.78, 5) is 39.3. The van der Waals surface area contributed by atoms with Crippen LogP contribution in [-0.2, 0) is 16.0 Å². The van der Waals surface area contributed by atoms with Gasteiger partial charge in [0.2, 0.25) is 5.91 Å². The lowest BCUT2D eigenvalue weighted by Gasteiger charge is -2.47. The van der Waals surface area contributed by atoms with Gasteiger partial charge in [0.15, 0.2) is 6.61 Å². The van der Waals surface area contributed by atoms with Gasteiger partial charge in [-0.15, -0.1) is 0 Å². The normalized spacial score (nSPS) is 21.5. The third-order valence-electron chi connectivity index (χ3n) is 8.13. The number of fused-ring (bicyclic) bond motifs is 2. The summed E-state index contributed by atoms with van der Waals surface area (Å²) in [6.45, 7) is 4.81. The summed E-state index contributed by atoms with van der Waals surface area (Å²) in [5.74, 6) is -0.0133. The van der Waals surface area contributed by atoms with Crippen molar-refractivity contribution in [2.75, 3.05) is 26.2 Å². The molecule has 2 aliphatic rings. The van der Waals surface area contributed by atoms with Crippen LogP contribution in [-0.4, -0.2) is 53.7 Å². The number of hydrogen-bond acceptors (Lipinski definition) is 6. The van der Waals surface area contributed by atoms with E-state index < -0.39 is 11.5 Å². The fraction of sp³-hybridized carbons (Fsp3) is 0.621. The zero-order chi connectivity index (χ0) is 26.4. The molecule has 2 atom stereocenters. The van der Waals surface area contributed by atoms with Crippen molar-refractivity contribution in [3.05, 3.63) is 39.7 Å². The van der Waals surface area contributed by atoms with E-state index in [2.05, 4.69) is 12.2 Å². The van der Waals surface area contributed by atoms with Crippen molar-refractivity contribution in [2.45, 2.75) is 83.7 Å². The van der Waals surface area contributed by atoms with Crippen LogP contribution in [0.5, 0.6) is 5.75 Å². The second kappa shape index (κ2) is 12.1. The number of aryl methyl sites for hydroxylation is 1. The molecule has 2 aromatic rings. The summed E-state index contributed by atoms with van der Waals surface area (Å²) in [5, 5.41) is 14.3. The maximum atomic E-state index is 12.6. The molecule has 1 aromatic carbocycles. The number of rotatable bonds is 10. The Morgan fingerprint density at radius 3 is 2.86 bits per heavy atom. The first-order chi connectivity index (χ1) is 17.8. The number of amides is 2. The van der Waals surface area contributed by atoms with Crippen molar-refractivity contribution in [1.82, 2.24) is 10.2 Å². The molecule has 0 radical (unpaired) electrons. The van der Waals surface area contributed by atoms with Crippen molar-refractivity contribution < 1.29 is 23.8 Å². The molecule has 2 N–H and O–H groups in total. The Balaban J connectivity index is 1.27. The van der Waals surface area contributed by atoms with Crippen LogP contribution in [0.3, 0.4) is 0 Å². The molecule has 8 heteroatoms. The van der Waals surface area contributed by atoms with E-state index >= 15 is 0 Å². The highest BCUT2D eigenvalue weighted by Gasteiger charge is 2.43. The Hall–Kier alpha value is -2.87. The van der Waals surface area contributed by atoms with Crippen LogP contribution in [0, 0.1) is 12.8 Å². The van der Waals surface area contributed by atoms with Gasteiger partial charge < -0.3 is 24.5 Å². The van der Waals surface area contributed by atoms with Crippen molar-refractivity contribution in [1.29, 1.82) is 0 Å². The number of piperidine rings is 1. The van der Waals surface area contributed by atoms with Gasteiger partial charge in [-0.2, -0.15) is 0 Å². The average molecular weight is 513 g/mol. The van der Waals surface area contributed by atoms with Crippen LogP contribution in [0.1, 0.15) is 75.8 Å². The average Bonchev–Trinajstić information content (AvgIpc) is 2.89. The Morgan fingerprint density at radius 1 is 1.22 bits per heavy atom. The standard InChI is InChI=1S/C29H40N2O6/c1-3-4-5-6-10-24-20(2)23-12-11-22(16-25(23)37-28(24)34)36-19-26(32)30-17-27(33)31-15-14-29(35)13-8-7-9-21(29)18-31/h11-12,16,21,35H,3-10,13-15,17-19H2,1-2H3,(H,30,32)/t21-,29-/m1/s1. The van der Waals surface area contributed by atoms with Gasteiger partial charge in [-0.1, -0.05) is 39.0 Å². The number of carbonyl (C=O) groups is 2. The molecule has 0 bridgehead atoms. The van der Waals surface area contributed by atoms with Gasteiger partial charge in [0.1, 0.15) is 11.3 Å². The van der Waals surface area contributed by atoms with E-state index in [1.165, 1.54) is 0 Å². The van der Waals surface area contributed by atoms with Crippen LogP contribution in [0.4, 0.5) is 0 Å². The maximum Gasteiger partial charge on any atom is 0.339 e. The Labute approximate surface area is 218 Å². The minimum Gasteiger partial charge on any atom is -0.484 e. The van der Waals surface area contributed by atoms with Crippen molar-refractivity contribution >= 4 is 22.8 Å². The molecular weight excluding hydrogens is 472 g/mol. The predicted molar refractivity (Wildman–Crippen MR) is 142 cm³/mol. The van der Waals surface area contributed by atoms with Gasteiger partial charge in [0, 0.05) is 36.0 Å². The Morgan fingerprint density at radius 2 is 2.05 bits per heavy atom. The molecule has 2 amide bonds. The Bertz CT molecular complexity index is 1170. The molecule has 4 rings (SSSR count). The molecule has 1 saturated carbocycles. The fourth-order valence-electron chi connectivity index (χ4n) is 5.77. The number of unbranched alkanes of at least 4 members (excludes halogenated alkanes) is 3. The van der Waals surface area contributed by atoms with Crippen molar-refractivity contribution in [3.8, 4) is 5.75 Å². The zero-order valence-corrected chi connectivity index (χ0v) is 22.1. The smallest absolute Gasteiger partial charge is 0.339 e. The molecule has 202 valence electrons. The number of nitrogens with one attached hydrogen (secondary N) is 1. The lowest BCUT2D eigenvalue weighted by Crippen LogP contribution is -2.56. The van der Waals surface area contributed by atoms with Crippen molar-refractivity contribution in [3.63, 3.8) is 0 Å². The van der Waals surface area contributed by atoms with Gasteiger partial charge in [0.05, 0.1) is 12.1 Å². The van der Waals surface area contributed by atoms with Crippen LogP contribution < -0.4 is 15.7 Å². The largest absolute Gasteiger partial charge is 0.484 e. The van der Waals surface area contributed by atoms with Crippen LogP contribution in [0.25, 0.3) is 11.0 Å². The first kappa shape index (κ1) is 27.2. The summed E-state index contributed by atoms with van der Waals surface area (Å²) in [7, 11) is 0. The van der Waals surface area contributed by atoms with Crippen LogP contribution in [0.2, 0.25) is 0 Å². The topological polar surface area (TPSA) is 109 Å². The molecule has 1 aliphatic heterocycles. The summed E-state index contributed by atoms with van der Waals surface area (Å²) < 4.78 is 11.2. The molecule has 8 nitrogen and oxygen atoms in total. The third kappa shape index (κ3) is 6.53. The first-order valence-corrected chi connectivity index (χ1v) is 13.8. The Kier molecular flexibility index (Phi) is 8.90. The molecule has 1 saturated heterocycles. The number of likely N-dealkylation sites (tertiary alicyclic amines) is 1. The van der Waals surface area contributed by atoms with E-state index in [9.17, 15) is 19.5 Å². The number of ether oxygens (including phenoxy) is 1. The number of nitrogens with zero attached hydrogens (tertiary/aromatic N) is 1. The SMILES string of the molecule is CCCCCCc1c(C)c2ccc(OCC(=O)NCC(=O)N3CC[C@]4(O)CCCC[C@@H]4C3)cc2oc1=O. The lowest BCUT2D eigenvalue weighted by molar-refractivity contribution is -0.143. The number of hydrogen-bond donors (Lipinski definition) is 2. The first-order valence-electron chi connectivity index (χ1n) is 13.8. The van der Waals surface area contributed by atoms with E-state index in [1.807, 2.05) is 13.0 Å². The van der Waals surface area contributed by atoms with E-state index in [1.54, 1.807) is 17.0 Å². The molecule has 37 heavy (non-hydrogen) atoms. The van der Waals surface area contributed by atoms with Crippen LogP contribution in [0.15, 0.2) is 27.4 Å². The van der Waals surface area contributed by atoms with Gasteiger partial charge in [0.25, 0.3) is 5.91 Å². The highest BCUT2D eigenvalue weighted by molar-refractivity contribution is 5.86. The second-order valence-electron chi connectivity index (χ2n) is 10.7. The second-order valence-corrected chi connectivity index (χ2v) is 10.7. The summed E-state index contributed by atoms with van der Waals surface area (Å²) >= 11 is 0. The zero-order valence-electron chi connectivity index (χ0n) is 22.1. The molecular formula is C29H40N2O6. The molecule has 0 spiro atoms. The third-order valence-corrected chi connectivity index (χ3v) is 8.13. The fourth-order valence-corrected chi connectivity index (χ4v) is 5.77. The minimum absolute atomic E-state index is 0.0971. The highest BCUT2D eigenvalue weighted by Crippen LogP contribution is 2.39. The molecule has 0 unspecified atom stereocenters. The highest BCUT2D eigenvalue weighted by atomic mass is 16.5. The monoisotopic (exact) mass is 512 g/mol. The molecule has 1 aromatic heterocycles. The van der Waals surface area contributed by atoms with E-state index in [0.29, 0.717) is 37.3 Å². The van der Waals surface area contributed by atoms with E-state index in [4.69, 9.17) is 9.15 Å². The van der Waals surface area contributed by atoms with Gasteiger partial charge in [-0.05, 0) is 56.7 Å². The summed E-state index contributed by atoms with van der Waals surface area (Å²) in [6, 6.07) is 5.23. The molecule has 2 heterocycles. The number of benzene rings is 1. The lowest BCUT2D eigenvalue weighted by atomic mass is 9.71. The minimum atomic E-state index is -0.639. The molecule has 1 aliphatic carbocycles. The van der Waals surface area contributed by atoms with Gasteiger partial charge >= 0.3 is 5.63 Å². The maximum absolute atomic E-state index is 12.6. The number of carbonyl (C=O) groups excluding carboxylic acids is 2. The van der Waals surface area contributed by atoms with Crippen LogP contribution >= 0.6 is 0 Å². The van der Waals surface area contributed by atoms with Crippen molar-refractivity contribution in [2.24, 2.45) is 5.92 Å². The molecule has 2 fully saturated rings. The number of aliphatic hydroxyl groups is 1. The predicted octanol–water partition coefficient (Wildman–Crippen LogP) is 3.87. The van der Waals surface area contributed by atoms with Gasteiger partial charge in [-0.3, -0.25) is 9.59 Å². The summed E-state index contributed by atoms with van der Waals surface area (Å²) in [5.41, 5.74) is 1.12.